The van der Waals surface area contributed by atoms with E-state index in [0.29, 0.717) is 12.8 Å². The number of aromatic nitrogens is 2. The third-order valence-corrected chi connectivity index (χ3v) is 4.77. The van der Waals surface area contributed by atoms with E-state index in [9.17, 15) is 4.79 Å². The number of aryl methyl sites for hydroxylation is 3. The molecule has 1 fully saturated rings. The van der Waals surface area contributed by atoms with Crippen LogP contribution in [0.25, 0.3) is 0 Å². The largest absolute Gasteiger partial charge is 0.361 e. The number of amides is 1. The molecule has 1 N–H and O–H groups in total. The predicted octanol–water partition coefficient (Wildman–Crippen LogP) is 2.71. The molecule has 0 aromatic carbocycles. The van der Waals surface area contributed by atoms with Crippen molar-refractivity contribution in [2.24, 2.45) is 0 Å². The van der Waals surface area contributed by atoms with Crippen molar-refractivity contribution in [1.29, 1.82) is 0 Å². The summed E-state index contributed by atoms with van der Waals surface area (Å²) >= 11 is 0. The highest BCUT2D eigenvalue weighted by molar-refractivity contribution is 5.76. The van der Waals surface area contributed by atoms with Crippen molar-refractivity contribution in [3.63, 3.8) is 0 Å². The van der Waals surface area contributed by atoms with Gasteiger partial charge in [-0.1, -0.05) is 11.2 Å². The third kappa shape index (κ3) is 4.38. The average Bonchev–Trinajstić information content (AvgIpc) is 2.91. The van der Waals surface area contributed by atoms with Gasteiger partial charge in [0.15, 0.2) is 0 Å². The van der Waals surface area contributed by atoms with Crippen LogP contribution in [-0.2, 0) is 11.2 Å². The summed E-state index contributed by atoms with van der Waals surface area (Å²) in [4.78, 5) is 19.2. The molecule has 1 aliphatic heterocycles. The van der Waals surface area contributed by atoms with Crippen LogP contribution in [0.2, 0.25) is 0 Å². The Hall–Kier alpha value is -2.37. The fourth-order valence-corrected chi connectivity index (χ4v) is 3.41. The molecule has 134 valence electrons. The van der Waals surface area contributed by atoms with E-state index in [1.807, 2.05) is 39.0 Å². The van der Waals surface area contributed by atoms with Gasteiger partial charge in [0.05, 0.1) is 5.69 Å². The van der Waals surface area contributed by atoms with Crippen molar-refractivity contribution in [2.75, 3.05) is 18.0 Å². The van der Waals surface area contributed by atoms with Crippen LogP contribution < -0.4 is 10.2 Å². The fourth-order valence-electron chi connectivity index (χ4n) is 3.41. The van der Waals surface area contributed by atoms with E-state index in [-0.39, 0.29) is 11.9 Å². The molecule has 6 heteroatoms. The van der Waals surface area contributed by atoms with Crippen LogP contribution in [0.15, 0.2) is 22.7 Å². The van der Waals surface area contributed by atoms with Crippen LogP contribution in [0.5, 0.6) is 0 Å². The van der Waals surface area contributed by atoms with Crippen molar-refractivity contribution >= 4 is 11.7 Å². The number of carbonyl (C=O) groups excluding carboxylic acids is 1. The highest BCUT2D eigenvalue weighted by atomic mass is 16.5. The molecule has 1 amide bonds. The lowest BCUT2D eigenvalue weighted by molar-refractivity contribution is -0.121. The minimum Gasteiger partial charge on any atom is -0.361 e. The topological polar surface area (TPSA) is 71.3 Å². The zero-order valence-corrected chi connectivity index (χ0v) is 15.2. The highest BCUT2D eigenvalue weighted by Crippen LogP contribution is 2.19. The maximum atomic E-state index is 12.3. The Balaban J connectivity index is 1.53. The molecular formula is C19H26N4O2. The summed E-state index contributed by atoms with van der Waals surface area (Å²) in [6.45, 7) is 7.61. The van der Waals surface area contributed by atoms with E-state index < -0.39 is 0 Å². The molecule has 3 rings (SSSR count). The second kappa shape index (κ2) is 7.68. The zero-order chi connectivity index (χ0) is 17.8. The molecule has 6 nitrogen and oxygen atoms in total. The Labute approximate surface area is 148 Å². The molecule has 2 aromatic heterocycles. The lowest BCUT2D eigenvalue weighted by atomic mass is 10.0. The van der Waals surface area contributed by atoms with Crippen molar-refractivity contribution in [3.05, 3.63) is 40.9 Å². The van der Waals surface area contributed by atoms with E-state index in [0.717, 1.165) is 54.5 Å². The normalized spacial score (nSPS) is 17.6. The minimum atomic E-state index is 0.0871. The van der Waals surface area contributed by atoms with Crippen molar-refractivity contribution in [2.45, 2.75) is 52.5 Å². The summed E-state index contributed by atoms with van der Waals surface area (Å²) in [6, 6.07) is 6.24. The molecule has 1 aliphatic rings. The van der Waals surface area contributed by atoms with Gasteiger partial charge in [-0.3, -0.25) is 4.79 Å². The van der Waals surface area contributed by atoms with Crippen LogP contribution in [0.3, 0.4) is 0 Å². The van der Waals surface area contributed by atoms with Gasteiger partial charge in [0.2, 0.25) is 5.91 Å². The first-order chi connectivity index (χ1) is 12.0. The van der Waals surface area contributed by atoms with Gasteiger partial charge in [0, 0.05) is 36.8 Å². The number of nitrogens with zero attached hydrogens (tertiary/aromatic N) is 3. The zero-order valence-electron chi connectivity index (χ0n) is 15.2. The summed E-state index contributed by atoms with van der Waals surface area (Å²) in [7, 11) is 0. The van der Waals surface area contributed by atoms with Gasteiger partial charge < -0.3 is 14.7 Å². The number of rotatable bonds is 5. The lowest BCUT2D eigenvalue weighted by Gasteiger charge is -2.34. The van der Waals surface area contributed by atoms with Crippen LogP contribution in [-0.4, -0.2) is 35.2 Å². The number of anilines is 1. The first kappa shape index (κ1) is 17.5. The monoisotopic (exact) mass is 342 g/mol. The maximum absolute atomic E-state index is 12.3. The van der Waals surface area contributed by atoms with Gasteiger partial charge >= 0.3 is 0 Å². The van der Waals surface area contributed by atoms with Gasteiger partial charge in [-0.15, -0.1) is 0 Å². The molecule has 1 atom stereocenters. The van der Waals surface area contributed by atoms with Crippen LogP contribution >= 0.6 is 0 Å². The van der Waals surface area contributed by atoms with Gasteiger partial charge in [0.25, 0.3) is 0 Å². The Morgan fingerprint density at radius 2 is 2.20 bits per heavy atom. The first-order valence-electron chi connectivity index (χ1n) is 8.92. The average molecular weight is 342 g/mol. The van der Waals surface area contributed by atoms with Crippen LogP contribution in [0.1, 0.15) is 42.0 Å². The quantitative estimate of drug-likeness (QED) is 0.904. The number of piperidine rings is 1. The molecule has 25 heavy (non-hydrogen) atoms. The molecule has 0 spiro atoms. The van der Waals surface area contributed by atoms with E-state index in [1.54, 1.807) is 0 Å². The SMILES string of the molecule is Cc1cccc(N2CCCC(NC(=O)CCc3c(C)noc3C)C2)n1. The number of hydrogen-bond donors (Lipinski definition) is 1. The van der Waals surface area contributed by atoms with E-state index in [2.05, 4.69) is 20.4 Å². The standard InChI is InChI=1S/C19H26N4O2/c1-13-6-4-8-18(20-13)23-11-5-7-16(12-23)21-19(24)10-9-17-14(2)22-25-15(17)3/h4,6,8,16H,5,7,9-12H2,1-3H3,(H,21,24). The molecule has 1 saturated heterocycles. The minimum absolute atomic E-state index is 0.0871. The van der Waals surface area contributed by atoms with Crippen molar-refractivity contribution in [1.82, 2.24) is 15.5 Å². The summed E-state index contributed by atoms with van der Waals surface area (Å²) in [6.07, 6.45) is 3.20. The van der Waals surface area contributed by atoms with E-state index in [1.165, 1.54) is 0 Å². The molecule has 0 bridgehead atoms. The Morgan fingerprint density at radius 3 is 2.92 bits per heavy atom. The predicted molar refractivity (Wildman–Crippen MR) is 96.6 cm³/mol. The second-order valence-corrected chi connectivity index (χ2v) is 6.79. The number of carbonyl (C=O) groups is 1. The molecule has 2 aromatic rings. The smallest absolute Gasteiger partial charge is 0.220 e. The number of nitrogens with one attached hydrogen (secondary N) is 1. The Kier molecular flexibility index (Phi) is 5.36. The van der Waals surface area contributed by atoms with Gasteiger partial charge in [-0.2, -0.15) is 0 Å². The third-order valence-electron chi connectivity index (χ3n) is 4.77. The lowest BCUT2D eigenvalue weighted by Crippen LogP contribution is -2.48. The molecule has 3 heterocycles. The first-order valence-corrected chi connectivity index (χ1v) is 8.92. The number of pyridine rings is 1. The second-order valence-electron chi connectivity index (χ2n) is 6.79. The van der Waals surface area contributed by atoms with Gasteiger partial charge in [-0.05, 0) is 52.2 Å². The van der Waals surface area contributed by atoms with Crippen LogP contribution in [0.4, 0.5) is 5.82 Å². The van der Waals surface area contributed by atoms with E-state index in [4.69, 9.17) is 4.52 Å². The van der Waals surface area contributed by atoms with Crippen LogP contribution in [0, 0.1) is 20.8 Å². The molecule has 0 radical (unpaired) electrons. The van der Waals surface area contributed by atoms with Crippen molar-refractivity contribution < 1.29 is 9.32 Å². The maximum Gasteiger partial charge on any atom is 0.220 e. The Bertz CT molecular complexity index is 721. The van der Waals surface area contributed by atoms with Crippen molar-refractivity contribution in [3.8, 4) is 0 Å². The number of hydrogen-bond acceptors (Lipinski definition) is 5. The molecule has 1 unspecified atom stereocenters. The highest BCUT2D eigenvalue weighted by Gasteiger charge is 2.22. The summed E-state index contributed by atoms with van der Waals surface area (Å²) in [5, 5.41) is 7.12. The summed E-state index contributed by atoms with van der Waals surface area (Å²) in [5.41, 5.74) is 2.94. The Morgan fingerprint density at radius 1 is 1.36 bits per heavy atom. The molecule has 0 saturated carbocycles. The summed E-state index contributed by atoms with van der Waals surface area (Å²) < 4.78 is 5.15. The van der Waals surface area contributed by atoms with Gasteiger partial charge in [-0.25, -0.2) is 4.98 Å². The van der Waals surface area contributed by atoms with E-state index >= 15 is 0 Å². The molecule has 0 aliphatic carbocycles. The fraction of sp³-hybridized carbons (Fsp3) is 0.526. The molecular weight excluding hydrogens is 316 g/mol. The van der Waals surface area contributed by atoms with Gasteiger partial charge in [0.1, 0.15) is 11.6 Å². The summed E-state index contributed by atoms with van der Waals surface area (Å²) in [5.74, 6) is 1.89.